The van der Waals surface area contributed by atoms with Crippen molar-refractivity contribution in [3.05, 3.63) is 101 Å². The Morgan fingerprint density at radius 2 is 1.27 bits per heavy atom. The van der Waals surface area contributed by atoms with Crippen molar-refractivity contribution in [2.45, 2.75) is 50.5 Å². The van der Waals surface area contributed by atoms with Crippen LogP contribution in [0.5, 0.6) is 0 Å². The summed E-state index contributed by atoms with van der Waals surface area (Å²) in [6.07, 6.45) is 7.93. The second kappa shape index (κ2) is 11.1. The van der Waals surface area contributed by atoms with E-state index in [2.05, 4.69) is 57.2 Å². The molecule has 0 radical (unpaired) electrons. The van der Waals surface area contributed by atoms with Gasteiger partial charge in [0.2, 0.25) is 5.91 Å². The molecule has 1 saturated heterocycles. The van der Waals surface area contributed by atoms with Gasteiger partial charge in [-0.15, -0.1) is 0 Å². The van der Waals surface area contributed by atoms with Gasteiger partial charge < -0.3 is 9.80 Å². The summed E-state index contributed by atoms with van der Waals surface area (Å²) in [5, 5.41) is 0. The van der Waals surface area contributed by atoms with Crippen LogP contribution in [0.2, 0.25) is 0 Å². The van der Waals surface area contributed by atoms with Crippen LogP contribution in [0.25, 0.3) is 0 Å². The summed E-state index contributed by atoms with van der Waals surface area (Å²) in [5.41, 5.74) is 6.52. The fraction of sp³-hybridized carbons (Fsp3) is 0.424. The normalized spacial score (nSPS) is 19.2. The summed E-state index contributed by atoms with van der Waals surface area (Å²) in [6, 6.07) is 28.4. The van der Waals surface area contributed by atoms with E-state index >= 15 is 0 Å². The molecule has 3 aromatic carbocycles. The molecule has 1 saturated carbocycles. The molecule has 37 heavy (non-hydrogen) atoms. The molecule has 1 amide bonds. The molecular formula is C33H39N3O. The second-order valence-corrected chi connectivity index (χ2v) is 11.0. The van der Waals surface area contributed by atoms with Gasteiger partial charge in [0.1, 0.15) is 0 Å². The van der Waals surface area contributed by atoms with Gasteiger partial charge in [0, 0.05) is 51.0 Å². The van der Waals surface area contributed by atoms with Crippen molar-refractivity contribution in [2.24, 2.45) is 0 Å². The third-order valence-electron chi connectivity index (χ3n) is 8.84. The number of rotatable bonds is 5. The topological polar surface area (TPSA) is 26.8 Å². The number of hydrogen-bond donors (Lipinski definition) is 0. The summed E-state index contributed by atoms with van der Waals surface area (Å²) >= 11 is 0. The maximum atomic E-state index is 13.8. The molecule has 0 N–H and O–H groups in total. The molecule has 0 bridgehead atoms. The first kappa shape index (κ1) is 24.2. The van der Waals surface area contributed by atoms with E-state index in [4.69, 9.17) is 0 Å². The van der Waals surface area contributed by atoms with Crippen molar-refractivity contribution < 1.29 is 4.79 Å². The second-order valence-electron chi connectivity index (χ2n) is 11.0. The zero-order valence-electron chi connectivity index (χ0n) is 21.9. The Kier molecular flexibility index (Phi) is 7.27. The molecule has 1 aliphatic carbocycles. The van der Waals surface area contributed by atoms with E-state index in [1.165, 1.54) is 62.0 Å². The lowest BCUT2D eigenvalue weighted by atomic mass is 9.90. The number of carbonyl (C=O) groups excluding carboxylic acids is 1. The predicted molar refractivity (Wildman–Crippen MR) is 151 cm³/mol. The molecule has 4 nitrogen and oxygen atoms in total. The highest BCUT2D eigenvalue weighted by molar-refractivity contribution is 5.87. The number of nitrogens with zero attached hydrogens (tertiary/aromatic N) is 3. The lowest BCUT2D eigenvalue weighted by Crippen LogP contribution is -2.50. The standard InChI is InChI=1S/C33H39N3O/c37-33(32(27-9-3-1-4-10-27)28-11-5-2-6-12-28)36-23-21-35(22-24-36)31-16-15-26-17-19-34(20-18-29(26)25-31)30-13-7-8-14-30/h1-6,9-12,15-16,25,30,32H,7-8,13-14,17-24H2. The fourth-order valence-electron chi connectivity index (χ4n) is 6.70. The maximum absolute atomic E-state index is 13.8. The molecule has 0 atom stereocenters. The molecular weight excluding hydrogens is 454 g/mol. The van der Waals surface area contributed by atoms with Crippen molar-refractivity contribution in [1.29, 1.82) is 0 Å². The van der Waals surface area contributed by atoms with Crippen LogP contribution in [-0.4, -0.2) is 61.0 Å². The van der Waals surface area contributed by atoms with Crippen LogP contribution in [0.4, 0.5) is 5.69 Å². The first-order chi connectivity index (χ1) is 18.3. The Balaban J connectivity index is 1.12. The van der Waals surface area contributed by atoms with Crippen LogP contribution in [0.1, 0.15) is 53.9 Å². The van der Waals surface area contributed by atoms with E-state index in [0.29, 0.717) is 0 Å². The molecule has 2 heterocycles. The van der Waals surface area contributed by atoms with Crippen LogP contribution < -0.4 is 4.90 Å². The Morgan fingerprint density at radius 1 is 0.676 bits per heavy atom. The van der Waals surface area contributed by atoms with Crippen molar-refractivity contribution in [3.8, 4) is 0 Å². The Labute approximate surface area is 221 Å². The Bertz CT molecular complexity index is 1140. The molecule has 0 spiro atoms. The molecule has 6 rings (SSSR count). The summed E-state index contributed by atoms with van der Waals surface area (Å²) in [6.45, 7) is 5.71. The molecule has 2 aliphatic heterocycles. The van der Waals surface area contributed by atoms with Gasteiger partial charge in [-0.25, -0.2) is 0 Å². The average Bonchev–Trinajstić information content (AvgIpc) is 3.41. The minimum atomic E-state index is -0.246. The largest absolute Gasteiger partial charge is 0.368 e. The van der Waals surface area contributed by atoms with Gasteiger partial charge in [0.25, 0.3) is 0 Å². The zero-order chi connectivity index (χ0) is 25.0. The average molecular weight is 494 g/mol. The quantitative estimate of drug-likeness (QED) is 0.469. The van der Waals surface area contributed by atoms with Crippen LogP contribution in [0, 0.1) is 0 Å². The highest BCUT2D eigenvalue weighted by atomic mass is 16.2. The number of amides is 1. The maximum Gasteiger partial charge on any atom is 0.234 e. The van der Waals surface area contributed by atoms with Gasteiger partial charge >= 0.3 is 0 Å². The summed E-state index contributed by atoms with van der Waals surface area (Å²) in [7, 11) is 0. The van der Waals surface area contributed by atoms with Crippen LogP contribution in [0.15, 0.2) is 78.9 Å². The Hall–Kier alpha value is -3.11. The van der Waals surface area contributed by atoms with Crippen LogP contribution >= 0.6 is 0 Å². The molecule has 0 aromatic heterocycles. The number of benzene rings is 3. The monoisotopic (exact) mass is 493 g/mol. The summed E-state index contributed by atoms with van der Waals surface area (Å²) < 4.78 is 0. The number of carbonyl (C=O) groups is 1. The SMILES string of the molecule is O=C(C(c1ccccc1)c1ccccc1)N1CCN(c2ccc3c(c2)CCN(C2CCCC2)CC3)CC1. The fourth-order valence-corrected chi connectivity index (χ4v) is 6.70. The number of hydrogen-bond acceptors (Lipinski definition) is 3. The third-order valence-corrected chi connectivity index (χ3v) is 8.84. The van der Waals surface area contributed by atoms with E-state index in [9.17, 15) is 4.79 Å². The van der Waals surface area contributed by atoms with Gasteiger partial charge in [-0.05, 0) is 60.1 Å². The summed E-state index contributed by atoms with van der Waals surface area (Å²) in [5.74, 6) is -0.0322. The van der Waals surface area contributed by atoms with E-state index < -0.39 is 0 Å². The molecule has 4 heteroatoms. The molecule has 2 fully saturated rings. The lowest BCUT2D eigenvalue weighted by molar-refractivity contribution is -0.132. The van der Waals surface area contributed by atoms with Gasteiger partial charge in [0.15, 0.2) is 0 Å². The highest BCUT2D eigenvalue weighted by Crippen LogP contribution is 2.30. The highest BCUT2D eigenvalue weighted by Gasteiger charge is 2.30. The molecule has 3 aliphatic rings. The summed E-state index contributed by atoms with van der Waals surface area (Å²) in [4.78, 5) is 21.1. The predicted octanol–water partition coefficient (Wildman–Crippen LogP) is 5.51. The van der Waals surface area contributed by atoms with E-state index in [1.54, 1.807) is 0 Å². The van der Waals surface area contributed by atoms with Gasteiger partial charge in [-0.1, -0.05) is 79.6 Å². The van der Waals surface area contributed by atoms with Crippen molar-refractivity contribution in [3.63, 3.8) is 0 Å². The van der Waals surface area contributed by atoms with Crippen molar-refractivity contribution in [2.75, 3.05) is 44.2 Å². The Morgan fingerprint density at radius 3 is 1.89 bits per heavy atom. The molecule has 0 unspecified atom stereocenters. The lowest BCUT2D eigenvalue weighted by Gasteiger charge is -2.38. The number of fused-ring (bicyclic) bond motifs is 1. The number of anilines is 1. The number of piperazine rings is 1. The minimum absolute atomic E-state index is 0.214. The van der Waals surface area contributed by atoms with Gasteiger partial charge in [-0.2, -0.15) is 0 Å². The van der Waals surface area contributed by atoms with Crippen LogP contribution in [0.3, 0.4) is 0 Å². The zero-order valence-corrected chi connectivity index (χ0v) is 21.9. The molecule has 192 valence electrons. The van der Waals surface area contributed by atoms with Gasteiger partial charge in [-0.3, -0.25) is 9.69 Å². The van der Waals surface area contributed by atoms with Crippen LogP contribution in [-0.2, 0) is 17.6 Å². The van der Waals surface area contributed by atoms with E-state index in [-0.39, 0.29) is 11.8 Å². The molecule has 3 aromatic rings. The van der Waals surface area contributed by atoms with E-state index in [1.807, 2.05) is 36.4 Å². The first-order valence-electron chi connectivity index (χ1n) is 14.3. The third kappa shape index (κ3) is 5.31. The smallest absolute Gasteiger partial charge is 0.234 e. The van der Waals surface area contributed by atoms with Crippen molar-refractivity contribution in [1.82, 2.24) is 9.80 Å². The first-order valence-corrected chi connectivity index (χ1v) is 14.3. The van der Waals surface area contributed by atoms with Gasteiger partial charge in [0.05, 0.1) is 5.92 Å². The van der Waals surface area contributed by atoms with Crippen molar-refractivity contribution >= 4 is 11.6 Å². The minimum Gasteiger partial charge on any atom is -0.368 e. The van der Waals surface area contributed by atoms with E-state index in [0.717, 1.165) is 49.8 Å².